The number of para-hydroxylation sites is 3. The summed E-state index contributed by atoms with van der Waals surface area (Å²) in [6.07, 6.45) is 0. The first-order valence-corrected chi connectivity index (χ1v) is 22.0. The van der Waals surface area contributed by atoms with E-state index in [1.54, 1.807) is 0 Å². The van der Waals surface area contributed by atoms with Crippen LogP contribution in [0.1, 0.15) is 0 Å². The van der Waals surface area contributed by atoms with Crippen molar-refractivity contribution in [2.75, 3.05) is 4.90 Å². The molecule has 0 aliphatic carbocycles. The van der Waals surface area contributed by atoms with Crippen LogP contribution in [0.3, 0.4) is 0 Å². The van der Waals surface area contributed by atoms with Gasteiger partial charge in [-0.15, -0.1) is 0 Å². The summed E-state index contributed by atoms with van der Waals surface area (Å²) in [6.45, 7) is 0. The molecule has 0 bridgehead atoms. The number of benzene rings is 11. The summed E-state index contributed by atoms with van der Waals surface area (Å²) < 4.78 is 2.37. The van der Waals surface area contributed by atoms with E-state index in [1.165, 1.54) is 82.3 Å². The van der Waals surface area contributed by atoms with Gasteiger partial charge in [-0.05, 0) is 121 Å². The number of anilines is 3. The van der Waals surface area contributed by atoms with E-state index in [0.717, 1.165) is 28.3 Å². The molecule has 0 saturated carbocycles. The lowest BCUT2D eigenvalue weighted by Gasteiger charge is -2.28. The van der Waals surface area contributed by atoms with Crippen LogP contribution in [-0.2, 0) is 0 Å². The maximum Gasteiger partial charge on any atom is 0.0541 e. The van der Waals surface area contributed by atoms with Gasteiger partial charge in [0.2, 0.25) is 0 Å². The van der Waals surface area contributed by atoms with Crippen molar-refractivity contribution in [3.63, 3.8) is 0 Å². The molecule has 0 amide bonds. The number of hydrogen-bond donors (Lipinski definition) is 0. The van der Waals surface area contributed by atoms with E-state index in [2.05, 4.69) is 264 Å². The number of fused-ring (bicyclic) bond motifs is 6. The zero-order valence-corrected chi connectivity index (χ0v) is 35.1. The van der Waals surface area contributed by atoms with E-state index in [4.69, 9.17) is 0 Å². The lowest BCUT2D eigenvalue weighted by atomic mass is 9.94. The van der Waals surface area contributed by atoms with Crippen LogP contribution in [-0.4, -0.2) is 4.57 Å². The predicted molar refractivity (Wildman–Crippen MR) is 272 cm³/mol. The fraction of sp³-hybridized carbons (Fsp3) is 0. The summed E-state index contributed by atoms with van der Waals surface area (Å²) >= 11 is 0. The van der Waals surface area contributed by atoms with Gasteiger partial charge in [0.15, 0.2) is 0 Å². The van der Waals surface area contributed by atoms with Crippen LogP contribution < -0.4 is 4.90 Å². The molecule has 0 radical (unpaired) electrons. The van der Waals surface area contributed by atoms with Gasteiger partial charge in [-0.2, -0.15) is 0 Å². The fourth-order valence-electron chi connectivity index (χ4n) is 9.71. The molecule has 0 N–H and O–H groups in total. The zero-order chi connectivity index (χ0) is 42.4. The maximum atomic E-state index is 2.40. The molecular weight excluding hydrogens is 773 g/mol. The van der Waals surface area contributed by atoms with Crippen molar-refractivity contribution in [2.45, 2.75) is 0 Å². The summed E-state index contributed by atoms with van der Waals surface area (Å²) in [5.41, 5.74) is 16.4. The van der Waals surface area contributed by atoms with Crippen molar-refractivity contribution in [1.29, 1.82) is 0 Å². The van der Waals surface area contributed by atoms with Crippen molar-refractivity contribution < 1.29 is 0 Å². The summed E-state index contributed by atoms with van der Waals surface area (Å²) in [6, 6.07) is 92.6. The van der Waals surface area contributed by atoms with E-state index < -0.39 is 0 Å². The Balaban J connectivity index is 0.960. The summed E-state index contributed by atoms with van der Waals surface area (Å²) in [5, 5.41) is 7.56. The lowest BCUT2D eigenvalue weighted by Crippen LogP contribution is -2.11. The second-order valence-electron chi connectivity index (χ2n) is 16.5. The normalized spacial score (nSPS) is 11.4. The van der Waals surface area contributed by atoms with E-state index >= 15 is 0 Å². The Labute approximate surface area is 373 Å². The summed E-state index contributed by atoms with van der Waals surface area (Å²) in [5.74, 6) is 0. The van der Waals surface area contributed by atoms with Crippen LogP contribution >= 0.6 is 0 Å². The SMILES string of the molecule is c1ccc(-c2ccc(-c3ccccc3N(c3ccc(-c4ccc5c(c4)c4ccccc4n5-c4ccccc4)cc3)c3ccc(-c4cccc5c4ccc4ccccc45)cc3)cc2)cc1. The fourth-order valence-corrected chi connectivity index (χ4v) is 9.71. The highest BCUT2D eigenvalue weighted by atomic mass is 15.1. The Morgan fingerprint density at radius 1 is 0.266 bits per heavy atom. The van der Waals surface area contributed by atoms with Crippen LogP contribution in [0.15, 0.2) is 255 Å². The quantitative estimate of drug-likeness (QED) is 0.139. The Bertz CT molecular complexity index is 3620. The standard InChI is InChI=1S/C62H42N2/c1-3-14-43(15-4-1)44-26-28-48(29-27-44)55-20-9-11-24-60(55)63(52-38-32-47(33-39-52)54-22-13-23-56-53-19-8-7-16-46(53)34-40-57(54)56)51-36-30-45(31-37-51)49-35-41-62-59(42-49)58-21-10-12-25-61(58)64(62)50-17-5-2-6-18-50/h1-42H. The molecule has 11 aromatic carbocycles. The van der Waals surface area contributed by atoms with Gasteiger partial charge in [0.25, 0.3) is 0 Å². The first-order valence-electron chi connectivity index (χ1n) is 22.0. The minimum absolute atomic E-state index is 1.09. The molecule has 0 aliphatic rings. The van der Waals surface area contributed by atoms with Gasteiger partial charge >= 0.3 is 0 Å². The monoisotopic (exact) mass is 814 g/mol. The number of hydrogen-bond acceptors (Lipinski definition) is 1. The molecule has 0 spiro atoms. The molecule has 64 heavy (non-hydrogen) atoms. The minimum atomic E-state index is 1.09. The minimum Gasteiger partial charge on any atom is -0.310 e. The molecule has 0 atom stereocenters. The van der Waals surface area contributed by atoms with Crippen LogP contribution in [0, 0.1) is 0 Å². The van der Waals surface area contributed by atoms with Crippen molar-refractivity contribution in [2.24, 2.45) is 0 Å². The smallest absolute Gasteiger partial charge is 0.0541 e. The topological polar surface area (TPSA) is 8.17 Å². The van der Waals surface area contributed by atoms with Crippen LogP contribution in [0.2, 0.25) is 0 Å². The third-order valence-electron chi connectivity index (χ3n) is 12.8. The molecule has 0 saturated heterocycles. The van der Waals surface area contributed by atoms with Crippen molar-refractivity contribution >= 4 is 60.4 Å². The number of rotatable bonds is 8. The maximum absolute atomic E-state index is 2.40. The Hall–Kier alpha value is -8.46. The molecule has 300 valence electrons. The van der Waals surface area contributed by atoms with Gasteiger partial charge in [-0.1, -0.05) is 194 Å². The van der Waals surface area contributed by atoms with Crippen LogP contribution in [0.25, 0.3) is 93.5 Å². The molecule has 0 fully saturated rings. The number of nitrogens with zero attached hydrogens (tertiary/aromatic N) is 2. The molecule has 2 heteroatoms. The second kappa shape index (κ2) is 15.8. The van der Waals surface area contributed by atoms with E-state index in [0.29, 0.717) is 0 Å². The first kappa shape index (κ1) is 37.3. The van der Waals surface area contributed by atoms with Crippen molar-refractivity contribution in [3.05, 3.63) is 255 Å². The molecule has 0 aliphatic heterocycles. The largest absolute Gasteiger partial charge is 0.310 e. The highest BCUT2D eigenvalue weighted by Gasteiger charge is 2.19. The van der Waals surface area contributed by atoms with E-state index in [-0.39, 0.29) is 0 Å². The molecular formula is C62H42N2. The Kier molecular flexibility index (Phi) is 9.20. The van der Waals surface area contributed by atoms with E-state index in [9.17, 15) is 0 Å². The van der Waals surface area contributed by atoms with Gasteiger partial charge < -0.3 is 9.47 Å². The van der Waals surface area contributed by atoms with E-state index in [1.807, 2.05) is 0 Å². The highest BCUT2D eigenvalue weighted by Crippen LogP contribution is 2.43. The molecule has 1 aromatic heterocycles. The predicted octanol–water partition coefficient (Wildman–Crippen LogP) is 17.2. The highest BCUT2D eigenvalue weighted by molar-refractivity contribution is 6.12. The molecule has 2 nitrogen and oxygen atoms in total. The van der Waals surface area contributed by atoms with Gasteiger partial charge in [-0.25, -0.2) is 0 Å². The summed E-state index contributed by atoms with van der Waals surface area (Å²) in [7, 11) is 0. The van der Waals surface area contributed by atoms with Gasteiger partial charge in [0.1, 0.15) is 0 Å². The average molecular weight is 815 g/mol. The van der Waals surface area contributed by atoms with Gasteiger partial charge in [0, 0.05) is 33.4 Å². The Morgan fingerprint density at radius 3 is 1.56 bits per heavy atom. The van der Waals surface area contributed by atoms with Crippen LogP contribution in [0.4, 0.5) is 17.1 Å². The first-order chi connectivity index (χ1) is 31.7. The average Bonchev–Trinajstić information content (AvgIpc) is 3.71. The Morgan fingerprint density at radius 2 is 0.781 bits per heavy atom. The van der Waals surface area contributed by atoms with Gasteiger partial charge in [0.05, 0.1) is 16.7 Å². The second-order valence-corrected chi connectivity index (χ2v) is 16.5. The third-order valence-corrected chi connectivity index (χ3v) is 12.8. The molecule has 1 heterocycles. The van der Waals surface area contributed by atoms with Gasteiger partial charge in [-0.3, -0.25) is 0 Å². The number of aromatic nitrogens is 1. The third kappa shape index (κ3) is 6.52. The zero-order valence-electron chi connectivity index (χ0n) is 35.1. The van der Waals surface area contributed by atoms with Crippen LogP contribution in [0.5, 0.6) is 0 Å². The summed E-state index contributed by atoms with van der Waals surface area (Å²) in [4.78, 5) is 2.40. The lowest BCUT2D eigenvalue weighted by molar-refractivity contribution is 1.18. The molecule has 12 rings (SSSR count). The molecule has 0 unspecified atom stereocenters. The van der Waals surface area contributed by atoms with Crippen molar-refractivity contribution in [1.82, 2.24) is 4.57 Å². The van der Waals surface area contributed by atoms with Crippen molar-refractivity contribution in [3.8, 4) is 50.2 Å². The molecule has 12 aromatic rings.